The number of allylic oxidation sites excluding steroid dienone is 3. The molecule has 2 aliphatic heterocycles. The number of hydrogen-bond acceptors (Lipinski definition) is 13. The average Bonchev–Trinajstić information content (AvgIpc) is 0.794. The maximum absolute atomic E-state index is 13.4. The van der Waals surface area contributed by atoms with Crippen LogP contribution in [0.4, 0.5) is 0 Å². The Hall–Kier alpha value is -1.53. The second kappa shape index (κ2) is 64.8. The minimum atomic E-state index is -1.79. The van der Waals surface area contributed by atoms with Gasteiger partial charge >= 0.3 is 0 Å². The average molecular weight is 1340 g/mol. The van der Waals surface area contributed by atoms with Crippen LogP contribution in [0, 0.1) is 0 Å². The van der Waals surface area contributed by atoms with Crippen molar-refractivity contribution in [3.8, 4) is 0 Å². The third kappa shape index (κ3) is 47.5. The molecular weight excluding hydrogens is 1180 g/mol. The number of aliphatic hydroxyl groups excluding tert-OH is 8. The number of ether oxygens (including phenoxy) is 4. The van der Waals surface area contributed by atoms with Gasteiger partial charge in [0.15, 0.2) is 12.6 Å². The highest BCUT2D eigenvalue weighted by molar-refractivity contribution is 5.76. The van der Waals surface area contributed by atoms with Gasteiger partial charge in [0.1, 0.15) is 48.8 Å². The number of carbonyl (C=O) groups is 1. The fourth-order valence-corrected chi connectivity index (χ4v) is 13.7. The van der Waals surface area contributed by atoms with Gasteiger partial charge in [-0.25, -0.2) is 0 Å². The first kappa shape index (κ1) is 88.6. The first-order chi connectivity index (χ1) is 46.1. The SMILES string of the molecule is CCCCCCCCCCCCCCC/C=C/CC/C=C/C(O)C(COC1OC(CO)C(OC2OC(CO)C(O)C(O)C2O)C(O)C1O)NC(=O)CCCCCCCCCCCCCCCCCCCCCCCCCCCCCCCCCCCCCCCCCCC. The van der Waals surface area contributed by atoms with Gasteiger partial charge in [0.05, 0.1) is 32.0 Å². The molecule has 2 heterocycles. The summed E-state index contributed by atoms with van der Waals surface area (Å²) in [4.78, 5) is 13.4. The monoisotopic (exact) mass is 1340 g/mol. The van der Waals surface area contributed by atoms with Crippen molar-refractivity contribution < 1.29 is 64.6 Å². The molecule has 12 unspecified atom stereocenters. The molecule has 2 saturated heterocycles. The third-order valence-corrected chi connectivity index (χ3v) is 20.1. The Morgan fingerprint density at radius 2 is 0.681 bits per heavy atom. The van der Waals surface area contributed by atoms with Crippen LogP contribution in [0.25, 0.3) is 0 Å². The van der Waals surface area contributed by atoms with Crippen molar-refractivity contribution in [2.45, 2.75) is 460 Å². The summed E-state index contributed by atoms with van der Waals surface area (Å²) in [5.41, 5.74) is 0. The van der Waals surface area contributed by atoms with E-state index in [0.717, 1.165) is 32.1 Å². The predicted octanol–water partition coefficient (Wildman–Crippen LogP) is 18.3. The normalized spacial score (nSPS) is 22.5. The minimum Gasteiger partial charge on any atom is -0.394 e. The number of aliphatic hydroxyl groups is 8. The molecular formula is C80H153NO13. The summed E-state index contributed by atoms with van der Waals surface area (Å²) in [5, 5.41) is 87.5. The quantitative estimate of drug-likeness (QED) is 0.0204. The van der Waals surface area contributed by atoms with E-state index in [1.807, 2.05) is 6.08 Å². The van der Waals surface area contributed by atoms with E-state index in [-0.39, 0.29) is 18.9 Å². The number of nitrogens with one attached hydrogen (secondary N) is 1. The van der Waals surface area contributed by atoms with E-state index in [1.54, 1.807) is 6.08 Å². The standard InChI is InChI=1S/C80H153NO13/c1-3-5-7-9-11-13-15-17-19-21-23-24-25-26-27-28-29-30-31-32-33-34-35-36-37-38-39-40-41-42-43-44-46-48-50-52-54-56-58-60-62-64-72(85)81-68(69(84)63-61-59-57-55-53-51-49-47-45-22-20-18-16-14-12-10-8-6-4-2)67-91-79-77(90)75(88)78(71(66-83)93-79)94-80-76(89)74(87)73(86)70(65-82)92-80/h53,55,61,63,68-71,73-80,82-84,86-90H,3-52,54,56-60,62,64-67H2,1-2H3,(H,81,85)/b55-53+,63-61+. The van der Waals surface area contributed by atoms with Gasteiger partial charge in [0.25, 0.3) is 0 Å². The van der Waals surface area contributed by atoms with Gasteiger partial charge in [-0.15, -0.1) is 0 Å². The van der Waals surface area contributed by atoms with Gasteiger partial charge in [-0.2, -0.15) is 0 Å². The first-order valence-corrected chi connectivity index (χ1v) is 40.6. The Morgan fingerprint density at radius 3 is 1.04 bits per heavy atom. The van der Waals surface area contributed by atoms with Crippen LogP contribution in [0.3, 0.4) is 0 Å². The molecule has 94 heavy (non-hydrogen) atoms. The van der Waals surface area contributed by atoms with E-state index in [9.17, 15) is 45.6 Å². The molecule has 0 bridgehead atoms. The molecule has 0 aromatic carbocycles. The van der Waals surface area contributed by atoms with Crippen molar-refractivity contribution in [3.05, 3.63) is 24.3 Å². The van der Waals surface area contributed by atoms with Gasteiger partial charge in [0.2, 0.25) is 5.91 Å². The van der Waals surface area contributed by atoms with Crippen molar-refractivity contribution in [2.75, 3.05) is 19.8 Å². The molecule has 0 radical (unpaired) electrons. The van der Waals surface area contributed by atoms with Gasteiger partial charge in [-0.05, 0) is 32.1 Å². The largest absolute Gasteiger partial charge is 0.394 e. The van der Waals surface area contributed by atoms with E-state index in [4.69, 9.17) is 18.9 Å². The molecule has 1 amide bonds. The summed E-state index contributed by atoms with van der Waals surface area (Å²) >= 11 is 0. The van der Waals surface area contributed by atoms with E-state index in [2.05, 4.69) is 31.3 Å². The fourth-order valence-electron chi connectivity index (χ4n) is 13.7. The molecule has 0 aliphatic carbocycles. The van der Waals surface area contributed by atoms with E-state index >= 15 is 0 Å². The van der Waals surface area contributed by atoms with Crippen LogP contribution >= 0.6 is 0 Å². The molecule has 2 rings (SSSR count). The summed E-state index contributed by atoms with van der Waals surface area (Å²) in [7, 11) is 0. The van der Waals surface area contributed by atoms with Crippen molar-refractivity contribution in [2.24, 2.45) is 0 Å². The van der Waals surface area contributed by atoms with Crippen LogP contribution in [0.2, 0.25) is 0 Å². The van der Waals surface area contributed by atoms with Crippen molar-refractivity contribution in [3.63, 3.8) is 0 Å². The number of carbonyl (C=O) groups excluding carboxylic acids is 1. The van der Waals surface area contributed by atoms with E-state index in [1.165, 1.54) is 321 Å². The van der Waals surface area contributed by atoms with Crippen LogP contribution in [0.1, 0.15) is 386 Å². The van der Waals surface area contributed by atoms with E-state index < -0.39 is 86.8 Å². The Labute approximate surface area is 577 Å². The molecule has 556 valence electrons. The molecule has 0 saturated carbocycles. The van der Waals surface area contributed by atoms with Crippen molar-refractivity contribution >= 4 is 5.91 Å². The molecule has 0 aromatic heterocycles. The molecule has 0 aromatic rings. The zero-order chi connectivity index (χ0) is 68.0. The van der Waals surface area contributed by atoms with Crippen LogP contribution in [0.15, 0.2) is 24.3 Å². The highest BCUT2D eigenvalue weighted by atomic mass is 16.7. The summed E-state index contributed by atoms with van der Waals surface area (Å²) < 4.78 is 22.9. The number of amides is 1. The van der Waals surface area contributed by atoms with E-state index in [0.29, 0.717) is 12.8 Å². The van der Waals surface area contributed by atoms with Crippen LogP contribution in [-0.4, -0.2) is 140 Å². The highest BCUT2D eigenvalue weighted by Crippen LogP contribution is 2.30. The smallest absolute Gasteiger partial charge is 0.220 e. The lowest BCUT2D eigenvalue weighted by atomic mass is 9.97. The van der Waals surface area contributed by atoms with Crippen LogP contribution < -0.4 is 5.32 Å². The highest BCUT2D eigenvalue weighted by Gasteiger charge is 2.51. The maximum Gasteiger partial charge on any atom is 0.220 e. The molecule has 0 spiro atoms. The lowest BCUT2D eigenvalue weighted by molar-refractivity contribution is -0.359. The zero-order valence-electron chi connectivity index (χ0n) is 61.0. The maximum atomic E-state index is 13.4. The molecule has 14 nitrogen and oxygen atoms in total. The summed E-state index contributed by atoms with van der Waals surface area (Å²) in [6, 6.07) is -0.930. The zero-order valence-corrected chi connectivity index (χ0v) is 61.0. The Morgan fingerprint density at radius 1 is 0.372 bits per heavy atom. The molecule has 14 heteroatoms. The topological polar surface area (TPSA) is 228 Å². The molecule has 9 N–H and O–H groups in total. The Balaban J connectivity index is 1.54. The van der Waals surface area contributed by atoms with Gasteiger partial charge < -0.3 is 65.1 Å². The third-order valence-electron chi connectivity index (χ3n) is 20.1. The van der Waals surface area contributed by atoms with Gasteiger partial charge in [0, 0.05) is 6.42 Å². The first-order valence-electron chi connectivity index (χ1n) is 40.6. The van der Waals surface area contributed by atoms with Crippen molar-refractivity contribution in [1.82, 2.24) is 5.32 Å². The van der Waals surface area contributed by atoms with Crippen LogP contribution in [0.5, 0.6) is 0 Å². The minimum absolute atomic E-state index is 0.240. The number of rotatable bonds is 69. The Kier molecular flexibility index (Phi) is 61.1. The number of hydrogen-bond donors (Lipinski definition) is 9. The second-order valence-corrected chi connectivity index (χ2v) is 28.9. The van der Waals surface area contributed by atoms with Crippen molar-refractivity contribution in [1.29, 1.82) is 0 Å². The summed E-state index contributed by atoms with van der Waals surface area (Å²) in [6.45, 7) is 2.84. The summed E-state index contributed by atoms with van der Waals surface area (Å²) in [6.07, 6.45) is 67.3. The molecule has 2 fully saturated rings. The fraction of sp³-hybridized carbons (Fsp3) is 0.938. The van der Waals surface area contributed by atoms with Gasteiger partial charge in [-0.3, -0.25) is 4.79 Å². The predicted molar refractivity (Wildman–Crippen MR) is 388 cm³/mol. The van der Waals surface area contributed by atoms with Crippen LogP contribution in [-0.2, 0) is 23.7 Å². The van der Waals surface area contributed by atoms with Gasteiger partial charge in [-0.1, -0.05) is 372 Å². The molecule has 2 aliphatic rings. The lowest BCUT2D eigenvalue weighted by Crippen LogP contribution is -2.65. The second-order valence-electron chi connectivity index (χ2n) is 28.9. The summed E-state index contributed by atoms with van der Waals surface area (Å²) in [5.74, 6) is -0.240. The number of unbranched alkanes of at least 4 members (excludes halogenated alkanes) is 54. The lowest BCUT2D eigenvalue weighted by Gasteiger charge is -2.46. The Bertz CT molecular complexity index is 1670. The molecule has 12 atom stereocenters.